The molecule has 0 fully saturated rings. The molecule has 0 radical (unpaired) electrons. The summed E-state index contributed by atoms with van der Waals surface area (Å²) in [6, 6.07) is 26.5. The van der Waals surface area contributed by atoms with Crippen molar-refractivity contribution in [3.63, 3.8) is 0 Å². The van der Waals surface area contributed by atoms with Gasteiger partial charge in [-0.2, -0.15) is 0 Å². The summed E-state index contributed by atoms with van der Waals surface area (Å²) < 4.78 is 6.21. The highest BCUT2D eigenvalue weighted by atomic mass is 35.5. The zero-order valence-electron chi connectivity index (χ0n) is 14.7. The Balaban J connectivity index is 1.75. The van der Waals surface area contributed by atoms with E-state index in [4.69, 9.17) is 16.0 Å². The van der Waals surface area contributed by atoms with Gasteiger partial charge < -0.3 is 4.42 Å². The van der Waals surface area contributed by atoms with E-state index in [9.17, 15) is 0 Å². The molecule has 132 valence electrons. The van der Waals surface area contributed by atoms with Gasteiger partial charge in [-0.25, -0.2) is 9.97 Å². The van der Waals surface area contributed by atoms with Crippen molar-refractivity contribution in [3.8, 4) is 11.3 Å². The van der Waals surface area contributed by atoms with Crippen LogP contribution in [0.3, 0.4) is 0 Å². The van der Waals surface area contributed by atoms with Crippen molar-refractivity contribution >= 4 is 55.2 Å². The predicted molar refractivity (Wildman–Crippen MR) is 115 cm³/mol. The van der Waals surface area contributed by atoms with Crippen LogP contribution >= 0.6 is 11.6 Å². The number of rotatable bonds is 1. The molecule has 0 spiro atoms. The van der Waals surface area contributed by atoms with Gasteiger partial charge >= 0.3 is 0 Å². The van der Waals surface area contributed by atoms with E-state index >= 15 is 0 Å². The average Bonchev–Trinajstić information content (AvgIpc) is 3.12. The summed E-state index contributed by atoms with van der Waals surface area (Å²) in [5.41, 5.74) is 4.47. The minimum absolute atomic E-state index is 0.246. The monoisotopic (exact) mass is 380 g/mol. The van der Waals surface area contributed by atoms with E-state index in [1.165, 1.54) is 0 Å². The van der Waals surface area contributed by atoms with Crippen molar-refractivity contribution in [1.29, 1.82) is 0 Å². The van der Waals surface area contributed by atoms with Crippen LogP contribution in [0.2, 0.25) is 5.28 Å². The summed E-state index contributed by atoms with van der Waals surface area (Å²) >= 11 is 6.23. The molecule has 2 aromatic heterocycles. The summed E-state index contributed by atoms with van der Waals surface area (Å²) in [6.45, 7) is 0. The van der Waals surface area contributed by atoms with E-state index in [2.05, 4.69) is 40.3 Å². The van der Waals surface area contributed by atoms with Gasteiger partial charge in [-0.15, -0.1) is 0 Å². The minimum Gasteiger partial charge on any atom is -0.455 e. The summed E-state index contributed by atoms with van der Waals surface area (Å²) in [6.07, 6.45) is 0. The average molecular weight is 381 g/mol. The highest BCUT2D eigenvalue weighted by molar-refractivity contribution is 6.29. The Hall–Kier alpha value is -3.43. The van der Waals surface area contributed by atoms with E-state index in [0.717, 1.165) is 54.9 Å². The quantitative estimate of drug-likeness (QED) is 0.288. The molecular weight excluding hydrogens is 368 g/mol. The van der Waals surface area contributed by atoms with Gasteiger partial charge in [0, 0.05) is 27.1 Å². The molecule has 28 heavy (non-hydrogen) atoms. The summed E-state index contributed by atoms with van der Waals surface area (Å²) in [5.74, 6) is 0. The zero-order chi connectivity index (χ0) is 18.7. The first kappa shape index (κ1) is 15.6. The smallest absolute Gasteiger partial charge is 0.223 e. The molecule has 0 atom stereocenters. The van der Waals surface area contributed by atoms with Crippen molar-refractivity contribution in [2.75, 3.05) is 0 Å². The predicted octanol–water partition coefficient (Wildman–Crippen LogP) is 7.00. The molecule has 0 bridgehead atoms. The maximum atomic E-state index is 6.23. The van der Waals surface area contributed by atoms with E-state index in [0.29, 0.717) is 0 Å². The molecule has 6 rings (SSSR count). The van der Waals surface area contributed by atoms with Gasteiger partial charge in [0.1, 0.15) is 11.2 Å². The van der Waals surface area contributed by atoms with Gasteiger partial charge in [-0.05, 0) is 35.2 Å². The van der Waals surface area contributed by atoms with Crippen LogP contribution in [0, 0.1) is 0 Å². The Morgan fingerprint density at radius 1 is 0.607 bits per heavy atom. The van der Waals surface area contributed by atoms with Gasteiger partial charge in [0.15, 0.2) is 0 Å². The fraction of sp³-hybridized carbons (Fsp3) is 0. The fourth-order valence-electron chi connectivity index (χ4n) is 4.00. The lowest BCUT2D eigenvalue weighted by Gasteiger charge is -2.10. The third kappa shape index (κ3) is 2.17. The van der Waals surface area contributed by atoms with Crippen LogP contribution in [-0.4, -0.2) is 9.97 Å². The van der Waals surface area contributed by atoms with Gasteiger partial charge in [-0.1, -0.05) is 60.7 Å². The van der Waals surface area contributed by atoms with Gasteiger partial charge in [0.2, 0.25) is 5.28 Å². The number of nitrogens with zero attached hydrogens (tertiary/aromatic N) is 2. The standard InChI is InChI=1S/C24H13ClN2O/c25-24-26-20-10-3-1-7-19(20)22(27-24)16-8-5-9-17-14(16)12-13-18-15-6-2-4-11-21(15)28-23(17)18/h1-13H. The number of halogens is 1. The van der Waals surface area contributed by atoms with E-state index in [1.807, 2.05) is 48.5 Å². The molecule has 3 nitrogen and oxygen atoms in total. The molecule has 4 aromatic carbocycles. The van der Waals surface area contributed by atoms with Crippen molar-refractivity contribution in [2.24, 2.45) is 0 Å². The van der Waals surface area contributed by atoms with Crippen LogP contribution < -0.4 is 0 Å². The van der Waals surface area contributed by atoms with Gasteiger partial charge in [0.25, 0.3) is 0 Å². The van der Waals surface area contributed by atoms with Crippen molar-refractivity contribution < 1.29 is 4.42 Å². The van der Waals surface area contributed by atoms with Crippen LogP contribution in [0.1, 0.15) is 0 Å². The topological polar surface area (TPSA) is 38.9 Å². The Morgan fingerprint density at radius 2 is 1.32 bits per heavy atom. The molecule has 0 aliphatic heterocycles. The Kier molecular flexibility index (Phi) is 3.22. The second-order valence-corrected chi connectivity index (χ2v) is 7.14. The SMILES string of the molecule is Clc1nc(-c2cccc3c2ccc2c4ccccc4oc32)c2ccccc2n1. The number of para-hydroxylation sites is 2. The van der Waals surface area contributed by atoms with E-state index in [-0.39, 0.29) is 5.28 Å². The molecule has 0 saturated heterocycles. The summed E-state index contributed by atoms with van der Waals surface area (Å²) in [7, 11) is 0. The number of fused-ring (bicyclic) bond motifs is 6. The van der Waals surface area contributed by atoms with Crippen LogP contribution in [0.25, 0.3) is 54.9 Å². The summed E-state index contributed by atoms with van der Waals surface area (Å²) in [5, 5.41) is 5.60. The molecule has 0 N–H and O–H groups in total. The molecule has 0 unspecified atom stereocenters. The highest BCUT2D eigenvalue weighted by Crippen LogP contribution is 2.38. The maximum Gasteiger partial charge on any atom is 0.223 e. The minimum atomic E-state index is 0.246. The normalized spacial score (nSPS) is 11.8. The fourth-order valence-corrected chi connectivity index (χ4v) is 4.18. The number of hydrogen-bond acceptors (Lipinski definition) is 3. The number of furan rings is 1. The zero-order valence-corrected chi connectivity index (χ0v) is 15.4. The molecule has 2 heterocycles. The molecule has 0 aliphatic rings. The number of benzene rings is 4. The Labute approximate surface area is 165 Å². The van der Waals surface area contributed by atoms with E-state index in [1.54, 1.807) is 0 Å². The summed E-state index contributed by atoms with van der Waals surface area (Å²) in [4.78, 5) is 8.92. The molecule has 4 heteroatoms. The van der Waals surface area contributed by atoms with Crippen LogP contribution in [-0.2, 0) is 0 Å². The first-order chi connectivity index (χ1) is 13.8. The second-order valence-electron chi connectivity index (χ2n) is 6.80. The van der Waals surface area contributed by atoms with Crippen molar-refractivity contribution in [3.05, 3.63) is 84.1 Å². The third-order valence-corrected chi connectivity index (χ3v) is 5.40. The van der Waals surface area contributed by atoms with Crippen LogP contribution in [0.4, 0.5) is 0 Å². The molecule has 6 aromatic rings. The van der Waals surface area contributed by atoms with E-state index < -0.39 is 0 Å². The Bertz CT molecular complexity index is 1530. The van der Waals surface area contributed by atoms with Crippen molar-refractivity contribution in [1.82, 2.24) is 9.97 Å². The highest BCUT2D eigenvalue weighted by Gasteiger charge is 2.15. The van der Waals surface area contributed by atoms with Crippen molar-refractivity contribution in [2.45, 2.75) is 0 Å². The molecular formula is C24H13ClN2O. The second kappa shape index (κ2) is 5.78. The number of hydrogen-bond donors (Lipinski definition) is 0. The maximum absolute atomic E-state index is 6.23. The third-order valence-electron chi connectivity index (χ3n) is 5.23. The first-order valence-corrected chi connectivity index (χ1v) is 9.43. The van der Waals surface area contributed by atoms with Gasteiger partial charge in [-0.3, -0.25) is 0 Å². The Morgan fingerprint density at radius 3 is 2.25 bits per heavy atom. The lowest BCUT2D eigenvalue weighted by molar-refractivity contribution is 0.672. The lowest BCUT2D eigenvalue weighted by atomic mass is 9.98. The lowest BCUT2D eigenvalue weighted by Crippen LogP contribution is -1.92. The number of aromatic nitrogens is 2. The van der Waals surface area contributed by atoms with Crippen LogP contribution in [0.15, 0.2) is 83.3 Å². The molecule has 0 saturated carbocycles. The molecule has 0 amide bonds. The molecule has 0 aliphatic carbocycles. The largest absolute Gasteiger partial charge is 0.455 e. The first-order valence-electron chi connectivity index (χ1n) is 9.05. The van der Waals surface area contributed by atoms with Gasteiger partial charge in [0.05, 0.1) is 11.2 Å². The van der Waals surface area contributed by atoms with Crippen LogP contribution in [0.5, 0.6) is 0 Å².